The van der Waals surface area contributed by atoms with Crippen molar-refractivity contribution in [2.24, 2.45) is 17.8 Å². The summed E-state index contributed by atoms with van der Waals surface area (Å²) in [7, 11) is 1.36. The van der Waals surface area contributed by atoms with Crippen molar-refractivity contribution in [2.45, 2.75) is 64.3 Å². The molecule has 0 radical (unpaired) electrons. The monoisotopic (exact) mass is 538 g/mol. The molecule has 3 aliphatic carbocycles. The molecule has 1 fully saturated rings. The van der Waals surface area contributed by atoms with Gasteiger partial charge in [-0.05, 0) is 36.7 Å². The zero-order valence-electron chi connectivity index (χ0n) is 22.5. The van der Waals surface area contributed by atoms with E-state index in [2.05, 4.69) is 20.8 Å². The van der Waals surface area contributed by atoms with E-state index in [1.54, 1.807) is 6.07 Å². The number of Topliss-reactive ketones (excluding diaryl/α,β-unsaturated/α-hetero) is 1. The largest absolute Gasteiger partial charge is 0.507 e. The highest BCUT2D eigenvalue weighted by molar-refractivity contribution is 6.31. The zero-order chi connectivity index (χ0) is 28.4. The number of aromatic hydroxyl groups is 2. The second-order valence-corrected chi connectivity index (χ2v) is 11.4. The molecule has 9 nitrogen and oxygen atoms in total. The van der Waals surface area contributed by atoms with Crippen LogP contribution in [0.15, 0.2) is 18.2 Å². The Balaban J connectivity index is 1.69. The Kier molecular flexibility index (Phi) is 6.81. The molecule has 2 aromatic carbocycles. The number of carbonyl (C=O) groups excluding carboxylic acids is 3. The molecule has 0 aromatic heterocycles. The van der Waals surface area contributed by atoms with Crippen LogP contribution in [0.25, 0.3) is 0 Å². The minimum Gasteiger partial charge on any atom is -0.507 e. The molecule has 0 heterocycles. The maximum Gasteiger partial charge on any atom is 0.202 e. The number of hydrogen-bond acceptors (Lipinski definition) is 9. The molecule has 9 heteroatoms. The fourth-order valence-corrected chi connectivity index (χ4v) is 6.65. The van der Waals surface area contributed by atoms with Crippen molar-refractivity contribution < 1.29 is 44.3 Å². The van der Waals surface area contributed by atoms with Crippen LogP contribution in [0.5, 0.6) is 17.2 Å². The number of methoxy groups -OCH3 is 1. The maximum atomic E-state index is 13.7. The summed E-state index contributed by atoms with van der Waals surface area (Å²) in [5.74, 6) is -2.06. The number of carbonyl (C=O) groups is 3. The number of phenolic OH excluding ortho intramolecular Hbond substituents is 2. The fourth-order valence-electron chi connectivity index (χ4n) is 6.65. The van der Waals surface area contributed by atoms with E-state index >= 15 is 0 Å². The molecular weight excluding hydrogens is 504 g/mol. The number of hydrogen-bond donors (Lipinski definition) is 4. The Morgan fingerprint density at radius 2 is 1.64 bits per heavy atom. The SMILES string of the molecule is COc1cccc2c1C(=O)c1c(O)c3c(c(O)c1C2=O)C[C@@](O)(C(=O)CO)CC3OC1C[C@@H](C)C(C)[C@@H](C)C1. The Morgan fingerprint density at radius 1 is 1.00 bits per heavy atom. The van der Waals surface area contributed by atoms with E-state index in [9.17, 15) is 34.8 Å². The highest BCUT2D eigenvalue weighted by Gasteiger charge is 2.49. The smallest absolute Gasteiger partial charge is 0.202 e. The topological polar surface area (TPSA) is 151 Å². The third kappa shape index (κ3) is 4.15. The van der Waals surface area contributed by atoms with Crippen LogP contribution in [-0.2, 0) is 16.0 Å². The van der Waals surface area contributed by atoms with Gasteiger partial charge in [0.2, 0.25) is 5.78 Å². The van der Waals surface area contributed by atoms with Crippen LogP contribution in [-0.4, -0.2) is 63.2 Å². The second-order valence-electron chi connectivity index (χ2n) is 11.4. The Hall–Kier alpha value is -3.27. The number of aliphatic hydroxyl groups excluding tert-OH is 1. The average Bonchev–Trinajstić information content (AvgIpc) is 2.90. The van der Waals surface area contributed by atoms with Crippen LogP contribution in [0.4, 0.5) is 0 Å². The zero-order valence-corrected chi connectivity index (χ0v) is 22.5. The number of ether oxygens (including phenoxy) is 2. The number of aliphatic hydroxyl groups is 2. The lowest BCUT2D eigenvalue weighted by Gasteiger charge is -2.42. The van der Waals surface area contributed by atoms with Gasteiger partial charge in [0.05, 0.1) is 36.0 Å². The van der Waals surface area contributed by atoms with Crippen molar-refractivity contribution in [3.05, 3.63) is 51.6 Å². The Labute approximate surface area is 226 Å². The Morgan fingerprint density at radius 3 is 2.26 bits per heavy atom. The highest BCUT2D eigenvalue weighted by atomic mass is 16.5. The minimum atomic E-state index is -2.10. The van der Waals surface area contributed by atoms with Crippen molar-refractivity contribution in [3.63, 3.8) is 0 Å². The molecule has 1 saturated carbocycles. The summed E-state index contributed by atoms with van der Waals surface area (Å²) < 4.78 is 11.8. The molecule has 5 rings (SSSR count). The minimum absolute atomic E-state index is 0.00565. The average molecular weight is 539 g/mol. The summed E-state index contributed by atoms with van der Waals surface area (Å²) in [6, 6.07) is 4.50. The van der Waals surface area contributed by atoms with Crippen LogP contribution in [0.1, 0.15) is 89.1 Å². The quantitative estimate of drug-likeness (QED) is 0.359. The van der Waals surface area contributed by atoms with E-state index in [0.717, 1.165) is 0 Å². The summed E-state index contributed by atoms with van der Waals surface area (Å²) in [5, 5.41) is 43.9. The van der Waals surface area contributed by atoms with Gasteiger partial charge in [-0.1, -0.05) is 32.9 Å². The van der Waals surface area contributed by atoms with Crippen molar-refractivity contribution >= 4 is 17.3 Å². The molecular formula is C30H34O9. The third-order valence-electron chi connectivity index (χ3n) is 9.16. The van der Waals surface area contributed by atoms with Crippen LogP contribution in [0.2, 0.25) is 0 Å². The molecule has 3 aliphatic rings. The maximum absolute atomic E-state index is 13.7. The second kappa shape index (κ2) is 9.73. The summed E-state index contributed by atoms with van der Waals surface area (Å²) in [6.45, 7) is 5.51. The summed E-state index contributed by atoms with van der Waals surface area (Å²) in [6.07, 6.45) is -0.680. The van der Waals surface area contributed by atoms with Gasteiger partial charge in [-0.3, -0.25) is 14.4 Å². The highest BCUT2D eigenvalue weighted by Crippen LogP contribution is 2.53. The van der Waals surface area contributed by atoms with E-state index in [-0.39, 0.29) is 46.1 Å². The van der Waals surface area contributed by atoms with Gasteiger partial charge in [0.25, 0.3) is 0 Å². The van der Waals surface area contributed by atoms with Crippen molar-refractivity contribution in [3.8, 4) is 17.2 Å². The van der Waals surface area contributed by atoms with E-state index in [1.807, 2.05) is 0 Å². The van der Waals surface area contributed by atoms with Gasteiger partial charge in [-0.25, -0.2) is 0 Å². The molecule has 0 spiro atoms. The first-order valence-electron chi connectivity index (χ1n) is 13.3. The molecule has 6 atom stereocenters. The number of benzene rings is 2. The van der Waals surface area contributed by atoms with Crippen molar-refractivity contribution in [1.82, 2.24) is 0 Å². The van der Waals surface area contributed by atoms with Crippen LogP contribution in [0.3, 0.4) is 0 Å². The lowest BCUT2D eigenvalue weighted by atomic mass is 9.71. The first-order chi connectivity index (χ1) is 18.4. The van der Waals surface area contributed by atoms with E-state index in [0.29, 0.717) is 30.6 Å². The summed E-state index contributed by atoms with van der Waals surface area (Å²) >= 11 is 0. The number of rotatable bonds is 5. The molecule has 3 unspecified atom stereocenters. The van der Waals surface area contributed by atoms with E-state index < -0.39 is 59.1 Å². The normalized spacial score (nSPS) is 29.8. The first kappa shape index (κ1) is 27.3. The predicted molar refractivity (Wildman–Crippen MR) is 139 cm³/mol. The van der Waals surface area contributed by atoms with Gasteiger partial charge in [0, 0.05) is 29.5 Å². The molecule has 0 saturated heterocycles. The van der Waals surface area contributed by atoms with Crippen molar-refractivity contribution in [2.75, 3.05) is 13.7 Å². The molecule has 208 valence electrons. The lowest BCUT2D eigenvalue weighted by Crippen LogP contribution is -2.48. The number of phenols is 2. The third-order valence-corrected chi connectivity index (χ3v) is 9.16. The van der Waals surface area contributed by atoms with Crippen LogP contribution < -0.4 is 4.74 Å². The summed E-state index contributed by atoms with van der Waals surface area (Å²) in [5.41, 5.74) is -2.86. The molecule has 39 heavy (non-hydrogen) atoms. The predicted octanol–water partition coefficient (Wildman–Crippen LogP) is 3.25. The molecule has 0 amide bonds. The van der Waals surface area contributed by atoms with Crippen LogP contribution in [0, 0.1) is 17.8 Å². The van der Waals surface area contributed by atoms with Gasteiger partial charge in [0.15, 0.2) is 11.6 Å². The lowest BCUT2D eigenvalue weighted by molar-refractivity contribution is -0.151. The first-order valence-corrected chi connectivity index (χ1v) is 13.3. The van der Waals surface area contributed by atoms with Gasteiger partial charge >= 0.3 is 0 Å². The van der Waals surface area contributed by atoms with Gasteiger partial charge in [-0.2, -0.15) is 0 Å². The van der Waals surface area contributed by atoms with Gasteiger partial charge in [0.1, 0.15) is 29.5 Å². The molecule has 2 aromatic rings. The molecule has 0 aliphatic heterocycles. The van der Waals surface area contributed by atoms with E-state index in [1.165, 1.54) is 19.2 Å². The fraction of sp³-hybridized carbons (Fsp3) is 0.500. The van der Waals surface area contributed by atoms with Gasteiger partial charge < -0.3 is 29.9 Å². The van der Waals surface area contributed by atoms with E-state index in [4.69, 9.17) is 9.47 Å². The number of fused-ring (bicyclic) bond motifs is 3. The Bertz CT molecular complexity index is 1370. The summed E-state index contributed by atoms with van der Waals surface area (Å²) in [4.78, 5) is 39.9. The van der Waals surface area contributed by atoms with Crippen molar-refractivity contribution in [1.29, 1.82) is 0 Å². The number of ketones is 3. The standard InChI is InChI=1S/C30H34O9/c1-13-8-16(9-14(2)15(13)3)39-20-11-30(37,21(32)12-31)10-18-23(20)29(36)25-24(27(18)34)26(33)17-6-5-7-19(38-4)22(17)28(25)35/h5-7,13-16,20,31,34,36-37H,8-12H2,1-4H3/t13-,14+,15?,16?,20?,30-/m0/s1. The molecule has 4 N–H and O–H groups in total. The van der Waals surface area contributed by atoms with Gasteiger partial charge in [-0.15, -0.1) is 0 Å². The molecule has 0 bridgehead atoms. The van der Waals surface area contributed by atoms with Crippen LogP contribution >= 0.6 is 0 Å².